The molecule has 0 saturated heterocycles. The van der Waals surface area contributed by atoms with Gasteiger partial charge in [0.25, 0.3) is 5.56 Å². The van der Waals surface area contributed by atoms with E-state index in [9.17, 15) is 9.18 Å². The van der Waals surface area contributed by atoms with Gasteiger partial charge in [0.2, 0.25) is 0 Å². The number of pyridine rings is 1. The van der Waals surface area contributed by atoms with Crippen LogP contribution in [-0.4, -0.2) is 4.98 Å². The Morgan fingerprint density at radius 1 is 1.70 bits per heavy atom. The van der Waals surface area contributed by atoms with Gasteiger partial charge in [-0.2, -0.15) is 0 Å². The van der Waals surface area contributed by atoms with Crippen LogP contribution in [0.5, 0.6) is 0 Å². The maximum Gasteiger partial charge on any atom is 0.283 e. The summed E-state index contributed by atoms with van der Waals surface area (Å²) in [5.41, 5.74) is -0.136. The van der Waals surface area contributed by atoms with E-state index in [1.807, 2.05) is 0 Å². The molecule has 0 spiro atoms. The van der Waals surface area contributed by atoms with Crippen LogP contribution >= 0.6 is 0 Å². The maximum atomic E-state index is 12.4. The molecule has 0 aliphatic rings. The zero-order chi connectivity index (χ0) is 7.56. The molecule has 1 aromatic heterocycles. The highest BCUT2D eigenvalue weighted by atomic mass is 19.1. The number of rotatable bonds is 1. The first-order valence-electron chi connectivity index (χ1n) is 2.74. The average molecular weight is 139 g/mol. The van der Waals surface area contributed by atoms with Crippen molar-refractivity contribution in [2.45, 2.75) is 0 Å². The molecule has 0 radical (unpaired) electrons. The molecule has 1 aromatic rings. The Morgan fingerprint density at radius 2 is 2.40 bits per heavy atom. The highest BCUT2D eigenvalue weighted by Crippen LogP contribution is 1.96. The number of hydrogen-bond acceptors (Lipinski definition) is 1. The minimum Gasteiger partial charge on any atom is -0.326 e. The zero-order valence-electron chi connectivity index (χ0n) is 5.23. The third kappa shape index (κ3) is 1.13. The third-order valence-corrected chi connectivity index (χ3v) is 1.12. The second-order valence-corrected chi connectivity index (χ2v) is 1.81. The van der Waals surface area contributed by atoms with Crippen molar-refractivity contribution < 1.29 is 4.39 Å². The van der Waals surface area contributed by atoms with Gasteiger partial charge in [0.1, 0.15) is 0 Å². The molecular weight excluding hydrogens is 133 g/mol. The Labute approximate surface area is 57.0 Å². The van der Waals surface area contributed by atoms with E-state index in [1.165, 1.54) is 12.3 Å². The molecule has 10 heavy (non-hydrogen) atoms. The van der Waals surface area contributed by atoms with Crippen LogP contribution in [0.25, 0.3) is 6.08 Å². The van der Waals surface area contributed by atoms with Crippen LogP contribution in [0.15, 0.2) is 23.6 Å². The van der Waals surface area contributed by atoms with Crippen molar-refractivity contribution in [1.82, 2.24) is 4.98 Å². The molecule has 0 aliphatic carbocycles. The SMILES string of the molecule is C=Cc1c[nH]c(=O)c(F)c1. The summed E-state index contributed by atoms with van der Waals surface area (Å²) in [6.45, 7) is 3.41. The lowest BCUT2D eigenvalue weighted by molar-refractivity contribution is 0.608. The third-order valence-electron chi connectivity index (χ3n) is 1.12. The average Bonchev–Trinajstić information content (AvgIpc) is 1.95. The van der Waals surface area contributed by atoms with Crippen LogP contribution in [0.3, 0.4) is 0 Å². The first kappa shape index (κ1) is 6.74. The van der Waals surface area contributed by atoms with E-state index in [1.54, 1.807) is 0 Å². The summed E-state index contributed by atoms with van der Waals surface area (Å²) < 4.78 is 12.4. The Hall–Kier alpha value is -1.38. The van der Waals surface area contributed by atoms with E-state index in [0.717, 1.165) is 6.07 Å². The molecule has 0 bridgehead atoms. The monoisotopic (exact) mass is 139 g/mol. The number of aromatic nitrogens is 1. The molecule has 0 saturated carbocycles. The fraction of sp³-hybridized carbons (Fsp3) is 0. The van der Waals surface area contributed by atoms with Gasteiger partial charge >= 0.3 is 0 Å². The first-order valence-corrected chi connectivity index (χ1v) is 2.74. The van der Waals surface area contributed by atoms with Gasteiger partial charge in [-0.25, -0.2) is 4.39 Å². The van der Waals surface area contributed by atoms with E-state index < -0.39 is 11.4 Å². The number of nitrogens with one attached hydrogen (secondary N) is 1. The molecule has 0 atom stereocenters. The zero-order valence-corrected chi connectivity index (χ0v) is 5.23. The van der Waals surface area contributed by atoms with Gasteiger partial charge in [0.15, 0.2) is 5.82 Å². The van der Waals surface area contributed by atoms with Gasteiger partial charge in [0, 0.05) is 6.20 Å². The Morgan fingerprint density at radius 3 is 2.90 bits per heavy atom. The van der Waals surface area contributed by atoms with Crippen molar-refractivity contribution >= 4 is 6.08 Å². The highest BCUT2D eigenvalue weighted by Gasteiger charge is 1.95. The lowest BCUT2D eigenvalue weighted by Crippen LogP contribution is -2.08. The van der Waals surface area contributed by atoms with Crippen LogP contribution in [-0.2, 0) is 0 Å². The molecule has 0 aromatic carbocycles. The molecule has 0 fully saturated rings. The number of hydrogen-bond donors (Lipinski definition) is 1. The van der Waals surface area contributed by atoms with Crippen molar-refractivity contribution in [2.24, 2.45) is 0 Å². The quantitative estimate of drug-likeness (QED) is 0.622. The number of H-pyrrole nitrogens is 1. The largest absolute Gasteiger partial charge is 0.326 e. The standard InChI is InChI=1S/C7H6FNO/c1-2-5-3-6(8)7(10)9-4-5/h2-4H,1H2,(H,9,10). The topological polar surface area (TPSA) is 32.9 Å². The number of halogens is 1. The van der Waals surface area contributed by atoms with Crippen LogP contribution < -0.4 is 5.56 Å². The molecule has 1 N–H and O–H groups in total. The normalized spacial score (nSPS) is 9.30. The van der Waals surface area contributed by atoms with Crippen LogP contribution in [0.2, 0.25) is 0 Å². The molecule has 52 valence electrons. The van der Waals surface area contributed by atoms with Crippen molar-refractivity contribution in [3.05, 3.63) is 40.6 Å². The van der Waals surface area contributed by atoms with Crippen LogP contribution in [0.4, 0.5) is 4.39 Å². The second-order valence-electron chi connectivity index (χ2n) is 1.81. The van der Waals surface area contributed by atoms with Gasteiger partial charge in [-0.1, -0.05) is 12.7 Å². The molecule has 2 nitrogen and oxygen atoms in total. The van der Waals surface area contributed by atoms with E-state index >= 15 is 0 Å². The Bertz CT molecular complexity index is 303. The van der Waals surface area contributed by atoms with E-state index in [-0.39, 0.29) is 0 Å². The first-order chi connectivity index (χ1) is 4.74. The fourth-order valence-electron chi connectivity index (χ4n) is 0.589. The second kappa shape index (κ2) is 2.47. The summed E-state index contributed by atoms with van der Waals surface area (Å²) >= 11 is 0. The van der Waals surface area contributed by atoms with Crippen LogP contribution in [0, 0.1) is 5.82 Å². The smallest absolute Gasteiger partial charge is 0.283 e. The lowest BCUT2D eigenvalue weighted by atomic mass is 10.3. The predicted molar refractivity (Wildman–Crippen MR) is 37.1 cm³/mol. The van der Waals surface area contributed by atoms with Gasteiger partial charge in [-0.15, -0.1) is 0 Å². The summed E-state index contributed by atoms with van der Waals surface area (Å²) in [4.78, 5) is 12.6. The van der Waals surface area contributed by atoms with E-state index in [4.69, 9.17) is 0 Å². The summed E-state index contributed by atoms with van der Waals surface area (Å²) in [5.74, 6) is -0.780. The lowest BCUT2D eigenvalue weighted by Gasteiger charge is -1.89. The molecule has 0 amide bonds. The summed E-state index contributed by atoms with van der Waals surface area (Å²) in [6, 6.07) is 1.13. The summed E-state index contributed by atoms with van der Waals surface area (Å²) in [5, 5.41) is 0. The Balaban J connectivity index is 3.29. The van der Waals surface area contributed by atoms with Gasteiger partial charge in [-0.05, 0) is 11.6 Å². The summed E-state index contributed by atoms with van der Waals surface area (Å²) in [7, 11) is 0. The molecule has 1 heterocycles. The Kier molecular flexibility index (Phi) is 1.67. The van der Waals surface area contributed by atoms with E-state index in [2.05, 4.69) is 11.6 Å². The molecule has 0 unspecified atom stereocenters. The predicted octanol–water partition coefficient (Wildman–Crippen LogP) is 1.16. The van der Waals surface area contributed by atoms with E-state index in [0.29, 0.717) is 5.56 Å². The minimum atomic E-state index is -0.780. The van der Waals surface area contributed by atoms with Crippen molar-refractivity contribution in [3.63, 3.8) is 0 Å². The maximum absolute atomic E-state index is 12.4. The summed E-state index contributed by atoms with van der Waals surface area (Å²) in [6.07, 6.45) is 2.86. The van der Waals surface area contributed by atoms with Crippen molar-refractivity contribution in [2.75, 3.05) is 0 Å². The molecular formula is C7H6FNO. The molecule has 3 heteroatoms. The van der Waals surface area contributed by atoms with Gasteiger partial charge in [0.05, 0.1) is 0 Å². The van der Waals surface area contributed by atoms with Gasteiger partial charge < -0.3 is 4.98 Å². The van der Waals surface area contributed by atoms with Crippen LogP contribution in [0.1, 0.15) is 5.56 Å². The fourth-order valence-corrected chi connectivity index (χ4v) is 0.589. The van der Waals surface area contributed by atoms with Gasteiger partial charge in [-0.3, -0.25) is 4.79 Å². The molecule has 1 rings (SSSR count). The number of aromatic amines is 1. The minimum absolute atomic E-state index is 0.567. The molecule has 0 aliphatic heterocycles. The highest BCUT2D eigenvalue weighted by molar-refractivity contribution is 5.44. The van der Waals surface area contributed by atoms with Crippen molar-refractivity contribution in [3.8, 4) is 0 Å². The van der Waals surface area contributed by atoms with Crippen molar-refractivity contribution in [1.29, 1.82) is 0 Å².